The van der Waals surface area contributed by atoms with E-state index >= 15 is 0 Å². The molecule has 1 aromatic carbocycles. The number of fused-ring (bicyclic) bond motifs is 1. The van der Waals surface area contributed by atoms with Crippen LogP contribution in [0.1, 0.15) is 16.1 Å². The molecule has 1 N–H and O–H groups in total. The zero-order valence-corrected chi connectivity index (χ0v) is 13.1. The number of nitrogens with zero attached hydrogens (tertiary/aromatic N) is 4. The number of nitrogens with one attached hydrogen (secondary N) is 1. The second kappa shape index (κ2) is 5.47. The first-order valence-electron chi connectivity index (χ1n) is 7.07. The van der Waals surface area contributed by atoms with E-state index in [1.54, 1.807) is 21.7 Å². The van der Waals surface area contributed by atoms with Gasteiger partial charge in [0.25, 0.3) is 0 Å². The van der Waals surface area contributed by atoms with Crippen molar-refractivity contribution in [1.29, 1.82) is 0 Å². The molecule has 2 aromatic heterocycles. The molecule has 0 atom stereocenters. The van der Waals surface area contributed by atoms with Crippen molar-refractivity contribution in [3.63, 3.8) is 0 Å². The average molecular weight is 327 g/mol. The normalized spacial score (nSPS) is 13.2. The third-order valence-corrected chi connectivity index (χ3v) is 4.49. The SMILES string of the molecule is Cc1ccc(-c2nnc(NC(=O)N3Cc4ncsc4C3)o2)cc1. The number of carbonyl (C=O) groups is 1. The summed E-state index contributed by atoms with van der Waals surface area (Å²) in [6, 6.07) is 7.56. The van der Waals surface area contributed by atoms with E-state index in [1.807, 2.05) is 31.2 Å². The largest absolute Gasteiger partial charge is 0.403 e. The lowest BCUT2D eigenvalue weighted by atomic mass is 10.1. The second-order valence-corrected chi connectivity index (χ2v) is 6.23. The van der Waals surface area contributed by atoms with E-state index in [-0.39, 0.29) is 12.0 Å². The molecule has 7 nitrogen and oxygen atoms in total. The summed E-state index contributed by atoms with van der Waals surface area (Å²) >= 11 is 1.56. The molecule has 0 unspecified atom stereocenters. The Morgan fingerprint density at radius 2 is 2.09 bits per heavy atom. The fourth-order valence-corrected chi connectivity index (χ4v) is 3.15. The molecule has 8 heteroatoms. The number of hydrogen-bond acceptors (Lipinski definition) is 6. The van der Waals surface area contributed by atoms with Gasteiger partial charge in [0.05, 0.1) is 24.3 Å². The minimum Gasteiger partial charge on any atom is -0.403 e. The van der Waals surface area contributed by atoms with Crippen LogP contribution in [0.4, 0.5) is 10.8 Å². The summed E-state index contributed by atoms with van der Waals surface area (Å²) in [4.78, 5) is 19.2. The van der Waals surface area contributed by atoms with Gasteiger partial charge in [0.1, 0.15) is 0 Å². The average Bonchev–Trinajstić information content (AvgIpc) is 3.22. The molecular formula is C15H13N5O2S. The lowest BCUT2D eigenvalue weighted by molar-refractivity contribution is 0.211. The molecule has 2 amide bonds. The monoisotopic (exact) mass is 327 g/mol. The van der Waals surface area contributed by atoms with Gasteiger partial charge in [-0.2, -0.15) is 0 Å². The van der Waals surface area contributed by atoms with E-state index in [4.69, 9.17) is 4.42 Å². The van der Waals surface area contributed by atoms with E-state index in [9.17, 15) is 4.79 Å². The molecule has 3 heterocycles. The third kappa shape index (κ3) is 2.68. The maximum atomic E-state index is 12.2. The van der Waals surface area contributed by atoms with Gasteiger partial charge in [-0.05, 0) is 19.1 Å². The number of hydrogen-bond donors (Lipinski definition) is 1. The zero-order valence-electron chi connectivity index (χ0n) is 12.3. The van der Waals surface area contributed by atoms with Crippen LogP contribution < -0.4 is 5.32 Å². The van der Waals surface area contributed by atoms with E-state index in [1.165, 1.54) is 0 Å². The summed E-state index contributed by atoms with van der Waals surface area (Å²) in [5.74, 6) is 0.377. The third-order valence-electron chi connectivity index (χ3n) is 3.63. The van der Waals surface area contributed by atoms with E-state index in [2.05, 4.69) is 20.5 Å². The highest BCUT2D eigenvalue weighted by Crippen LogP contribution is 2.26. The summed E-state index contributed by atoms with van der Waals surface area (Å²) in [6.07, 6.45) is 0. The van der Waals surface area contributed by atoms with E-state index < -0.39 is 0 Å². The number of thiazole rings is 1. The van der Waals surface area contributed by atoms with Crippen LogP contribution >= 0.6 is 11.3 Å². The van der Waals surface area contributed by atoms with E-state index in [0.717, 1.165) is 21.7 Å². The lowest BCUT2D eigenvalue weighted by Gasteiger charge is -2.13. The van der Waals surface area contributed by atoms with Gasteiger partial charge in [0, 0.05) is 10.4 Å². The van der Waals surface area contributed by atoms with Gasteiger partial charge >= 0.3 is 12.0 Å². The number of amides is 2. The predicted octanol–water partition coefficient (Wildman–Crippen LogP) is 3.05. The molecule has 0 spiro atoms. The molecule has 0 radical (unpaired) electrons. The van der Waals surface area contributed by atoms with Gasteiger partial charge in [0.15, 0.2) is 0 Å². The second-order valence-electron chi connectivity index (χ2n) is 5.29. The van der Waals surface area contributed by atoms with Crippen LogP contribution in [0.3, 0.4) is 0 Å². The Kier molecular flexibility index (Phi) is 3.30. The molecule has 1 aliphatic rings. The first-order valence-corrected chi connectivity index (χ1v) is 7.95. The number of aromatic nitrogens is 3. The molecule has 0 fully saturated rings. The van der Waals surface area contributed by atoms with Gasteiger partial charge in [-0.25, -0.2) is 9.78 Å². The maximum absolute atomic E-state index is 12.2. The van der Waals surface area contributed by atoms with Crippen LogP contribution in [0, 0.1) is 6.92 Å². The summed E-state index contributed by atoms with van der Waals surface area (Å²) in [6.45, 7) is 3.07. The van der Waals surface area contributed by atoms with Crippen LogP contribution in [0.2, 0.25) is 0 Å². The molecule has 116 valence electrons. The Bertz CT molecular complexity index is 834. The number of rotatable bonds is 2. The molecule has 3 aromatic rings. The van der Waals surface area contributed by atoms with Crippen molar-refractivity contribution in [2.75, 3.05) is 5.32 Å². The van der Waals surface area contributed by atoms with Gasteiger partial charge in [-0.1, -0.05) is 22.8 Å². The number of carbonyl (C=O) groups excluding carboxylic acids is 1. The molecule has 1 aliphatic heterocycles. The minimum absolute atomic E-state index is 0.0915. The maximum Gasteiger partial charge on any atom is 0.326 e. The van der Waals surface area contributed by atoms with Crippen LogP contribution in [0.25, 0.3) is 11.5 Å². The minimum atomic E-state index is -0.269. The highest BCUT2D eigenvalue weighted by atomic mass is 32.1. The van der Waals surface area contributed by atoms with Crippen LogP contribution in [-0.2, 0) is 13.1 Å². The van der Waals surface area contributed by atoms with Crippen LogP contribution in [-0.4, -0.2) is 26.1 Å². The van der Waals surface area contributed by atoms with Crippen molar-refractivity contribution in [2.24, 2.45) is 0 Å². The quantitative estimate of drug-likeness (QED) is 0.782. The number of urea groups is 1. The Hall–Kier alpha value is -2.74. The summed E-state index contributed by atoms with van der Waals surface area (Å²) in [7, 11) is 0. The molecule has 0 saturated carbocycles. The van der Waals surface area contributed by atoms with E-state index in [0.29, 0.717) is 19.0 Å². The topological polar surface area (TPSA) is 84.2 Å². The Balaban J connectivity index is 1.44. The lowest BCUT2D eigenvalue weighted by Crippen LogP contribution is -2.30. The van der Waals surface area contributed by atoms with Crippen molar-refractivity contribution in [2.45, 2.75) is 20.0 Å². The number of aryl methyl sites for hydroxylation is 1. The molecule has 4 rings (SSSR count). The van der Waals surface area contributed by atoms with Gasteiger partial charge in [-0.15, -0.1) is 16.4 Å². The summed E-state index contributed by atoms with van der Waals surface area (Å²) in [5.41, 5.74) is 4.72. The molecule has 0 bridgehead atoms. The van der Waals surface area contributed by atoms with Crippen molar-refractivity contribution in [3.05, 3.63) is 45.9 Å². The number of benzene rings is 1. The van der Waals surface area contributed by atoms with Crippen LogP contribution in [0.5, 0.6) is 0 Å². The molecule has 0 saturated heterocycles. The van der Waals surface area contributed by atoms with Gasteiger partial charge in [-0.3, -0.25) is 5.32 Å². The van der Waals surface area contributed by atoms with Crippen molar-refractivity contribution >= 4 is 23.4 Å². The van der Waals surface area contributed by atoms with Crippen molar-refractivity contribution in [1.82, 2.24) is 20.1 Å². The highest BCUT2D eigenvalue weighted by molar-refractivity contribution is 7.09. The zero-order chi connectivity index (χ0) is 15.8. The highest BCUT2D eigenvalue weighted by Gasteiger charge is 2.26. The fraction of sp³-hybridized carbons (Fsp3) is 0.200. The van der Waals surface area contributed by atoms with Gasteiger partial charge < -0.3 is 9.32 Å². The number of anilines is 1. The van der Waals surface area contributed by atoms with Gasteiger partial charge in [0.2, 0.25) is 5.89 Å². The smallest absolute Gasteiger partial charge is 0.326 e. The Morgan fingerprint density at radius 1 is 1.26 bits per heavy atom. The Morgan fingerprint density at radius 3 is 2.87 bits per heavy atom. The molecule has 23 heavy (non-hydrogen) atoms. The van der Waals surface area contributed by atoms with Crippen molar-refractivity contribution in [3.8, 4) is 11.5 Å². The van der Waals surface area contributed by atoms with Crippen LogP contribution in [0.15, 0.2) is 34.2 Å². The fourth-order valence-electron chi connectivity index (χ4n) is 2.36. The molecular weight excluding hydrogens is 314 g/mol. The summed E-state index contributed by atoms with van der Waals surface area (Å²) < 4.78 is 5.50. The standard InChI is InChI=1S/C15H13N5O2S/c1-9-2-4-10(5-3-9)13-18-19-14(22-13)17-15(21)20-6-11-12(7-20)23-8-16-11/h2-5,8H,6-7H2,1H3,(H,17,19,21). The predicted molar refractivity (Wildman–Crippen MR) is 84.9 cm³/mol. The Labute approximate surface area is 136 Å². The van der Waals surface area contributed by atoms with Crippen molar-refractivity contribution < 1.29 is 9.21 Å². The molecule has 0 aliphatic carbocycles. The first kappa shape index (κ1) is 13.9. The summed E-state index contributed by atoms with van der Waals surface area (Å²) in [5, 5.41) is 10.5. The first-order chi connectivity index (χ1) is 11.2.